The minimum absolute atomic E-state index is 0.0630. The van der Waals surface area contributed by atoms with Crippen LogP contribution in [-0.2, 0) is 9.59 Å². The molecule has 0 radical (unpaired) electrons. The number of carbonyl (C=O) groups excluding carboxylic acids is 2. The van der Waals surface area contributed by atoms with Gasteiger partial charge in [-0.3, -0.25) is 9.59 Å². The van der Waals surface area contributed by atoms with Crippen LogP contribution in [0.2, 0.25) is 0 Å². The first-order valence-corrected chi connectivity index (χ1v) is 8.91. The molecule has 1 fully saturated rings. The smallest absolute Gasteiger partial charge is 0.226 e. The van der Waals surface area contributed by atoms with Gasteiger partial charge >= 0.3 is 0 Å². The third kappa shape index (κ3) is 7.00. The number of amides is 1. The summed E-state index contributed by atoms with van der Waals surface area (Å²) in [7, 11) is 8.17. The first kappa shape index (κ1) is 20.1. The molecule has 0 aromatic rings. The van der Waals surface area contributed by atoms with Crippen molar-refractivity contribution in [1.82, 2.24) is 14.7 Å². The first-order valence-electron chi connectivity index (χ1n) is 8.91. The molecule has 1 saturated carbocycles. The van der Waals surface area contributed by atoms with Gasteiger partial charge < -0.3 is 14.7 Å². The van der Waals surface area contributed by atoms with Gasteiger partial charge in [0.2, 0.25) is 5.91 Å². The molecule has 2 atom stereocenters. The summed E-state index contributed by atoms with van der Waals surface area (Å²) in [6, 6.07) is 0. The molecule has 0 heterocycles. The average Bonchev–Trinajstić information content (AvgIpc) is 2.49. The highest BCUT2D eigenvalue weighted by Crippen LogP contribution is 2.32. The molecule has 0 aromatic heterocycles. The van der Waals surface area contributed by atoms with Gasteiger partial charge in [-0.2, -0.15) is 0 Å². The number of ketones is 1. The van der Waals surface area contributed by atoms with Crippen LogP contribution in [0.4, 0.5) is 0 Å². The average molecular weight is 325 g/mol. The fourth-order valence-corrected chi connectivity index (χ4v) is 3.38. The lowest BCUT2D eigenvalue weighted by Crippen LogP contribution is -2.45. The Balaban J connectivity index is 2.72. The van der Waals surface area contributed by atoms with Gasteiger partial charge in [0, 0.05) is 31.5 Å². The summed E-state index contributed by atoms with van der Waals surface area (Å²) >= 11 is 0. The summed E-state index contributed by atoms with van der Waals surface area (Å²) in [5.74, 6) is 0.226. The number of likely N-dealkylation sites (N-methyl/N-ethyl adjacent to an activating group) is 1. The van der Waals surface area contributed by atoms with Crippen molar-refractivity contribution in [2.45, 2.75) is 39.0 Å². The SMILES string of the molecule is CC(=O)C1CCCCC1C(=O)N(CCCN(C)C)CCN(C)C. The van der Waals surface area contributed by atoms with E-state index in [-0.39, 0.29) is 23.5 Å². The van der Waals surface area contributed by atoms with Gasteiger partial charge in [0.1, 0.15) is 5.78 Å². The van der Waals surface area contributed by atoms with E-state index in [9.17, 15) is 9.59 Å². The van der Waals surface area contributed by atoms with Crippen LogP contribution in [0.1, 0.15) is 39.0 Å². The fraction of sp³-hybridized carbons (Fsp3) is 0.889. The van der Waals surface area contributed by atoms with Crippen LogP contribution in [0.5, 0.6) is 0 Å². The summed E-state index contributed by atoms with van der Waals surface area (Å²) in [5, 5.41) is 0. The molecule has 0 saturated heterocycles. The van der Waals surface area contributed by atoms with Gasteiger partial charge in [-0.1, -0.05) is 12.8 Å². The molecule has 0 N–H and O–H groups in total. The van der Waals surface area contributed by atoms with Crippen LogP contribution in [0.25, 0.3) is 0 Å². The van der Waals surface area contributed by atoms with Crippen LogP contribution in [0.15, 0.2) is 0 Å². The maximum absolute atomic E-state index is 13.0. The Morgan fingerprint density at radius 3 is 1.91 bits per heavy atom. The van der Waals surface area contributed by atoms with Gasteiger partial charge in [-0.15, -0.1) is 0 Å². The Hall–Kier alpha value is -0.940. The van der Waals surface area contributed by atoms with Crippen molar-refractivity contribution in [3.8, 4) is 0 Å². The minimum atomic E-state index is -0.0947. The Morgan fingerprint density at radius 2 is 1.39 bits per heavy atom. The lowest BCUT2D eigenvalue weighted by molar-refractivity contribution is -0.142. The highest BCUT2D eigenvalue weighted by Gasteiger charge is 2.35. The van der Waals surface area contributed by atoms with Crippen LogP contribution in [0, 0.1) is 11.8 Å². The van der Waals surface area contributed by atoms with E-state index in [4.69, 9.17) is 0 Å². The molecule has 0 spiro atoms. The molecule has 23 heavy (non-hydrogen) atoms. The predicted octanol–water partition coefficient (Wildman–Crippen LogP) is 1.72. The largest absolute Gasteiger partial charge is 0.341 e. The van der Waals surface area contributed by atoms with E-state index >= 15 is 0 Å². The van der Waals surface area contributed by atoms with E-state index in [1.807, 2.05) is 19.0 Å². The molecule has 1 rings (SSSR count). The first-order chi connectivity index (χ1) is 10.8. The van der Waals surface area contributed by atoms with Crippen molar-refractivity contribution in [2.75, 3.05) is 54.4 Å². The van der Waals surface area contributed by atoms with Crippen LogP contribution >= 0.6 is 0 Å². The van der Waals surface area contributed by atoms with Crippen molar-refractivity contribution in [3.63, 3.8) is 0 Å². The molecule has 0 aromatic carbocycles. The van der Waals surface area contributed by atoms with E-state index in [0.29, 0.717) is 0 Å². The zero-order valence-corrected chi connectivity index (χ0v) is 15.7. The Kier molecular flexibility index (Phi) is 8.77. The Bertz CT molecular complexity index is 382. The summed E-state index contributed by atoms with van der Waals surface area (Å²) in [4.78, 5) is 31.2. The van der Waals surface area contributed by atoms with E-state index in [2.05, 4.69) is 23.9 Å². The second-order valence-corrected chi connectivity index (χ2v) is 7.39. The lowest BCUT2D eigenvalue weighted by Gasteiger charge is -2.34. The van der Waals surface area contributed by atoms with Crippen molar-refractivity contribution in [3.05, 3.63) is 0 Å². The summed E-state index contributed by atoms with van der Waals surface area (Å²) in [6.45, 7) is 5.02. The number of nitrogens with zero attached hydrogens (tertiary/aromatic N) is 3. The summed E-state index contributed by atoms with van der Waals surface area (Å²) < 4.78 is 0. The van der Waals surface area contributed by atoms with E-state index in [1.165, 1.54) is 0 Å². The van der Waals surface area contributed by atoms with Crippen LogP contribution in [0.3, 0.4) is 0 Å². The third-order valence-corrected chi connectivity index (χ3v) is 4.77. The van der Waals surface area contributed by atoms with Gasteiger partial charge in [-0.05, 0) is 60.9 Å². The fourth-order valence-electron chi connectivity index (χ4n) is 3.38. The van der Waals surface area contributed by atoms with Crippen molar-refractivity contribution < 1.29 is 9.59 Å². The zero-order chi connectivity index (χ0) is 17.4. The Morgan fingerprint density at radius 1 is 0.826 bits per heavy atom. The monoisotopic (exact) mass is 325 g/mol. The molecule has 5 heteroatoms. The molecule has 1 aliphatic rings. The third-order valence-electron chi connectivity index (χ3n) is 4.77. The number of Topliss-reactive ketones (excluding diaryl/α,β-unsaturated/α-hetero) is 1. The second kappa shape index (κ2) is 10.0. The molecule has 5 nitrogen and oxygen atoms in total. The zero-order valence-electron chi connectivity index (χ0n) is 15.7. The van der Waals surface area contributed by atoms with Gasteiger partial charge in [0.05, 0.1) is 0 Å². The quantitative estimate of drug-likeness (QED) is 0.647. The number of hydrogen-bond acceptors (Lipinski definition) is 4. The van der Waals surface area contributed by atoms with Gasteiger partial charge in [0.15, 0.2) is 0 Å². The maximum Gasteiger partial charge on any atom is 0.226 e. The predicted molar refractivity (Wildman–Crippen MR) is 94.4 cm³/mol. The minimum Gasteiger partial charge on any atom is -0.341 e. The standard InChI is InChI=1S/C18H35N3O2/c1-15(22)16-9-6-7-10-17(16)18(23)21(14-13-20(4)5)12-8-11-19(2)3/h16-17H,6-14H2,1-5H3. The van der Waals surface area contributed by atoms with Crippen LogP contribution in [-0.4, -0.2) is 80.8 Å². The molecular formula is C18H35N3O2. The summed E-state index contributed by atoms with van der Waals surface area (Å²) in [6.07, 6.45) is 4.87. The number of rotatable bonds is 9. The molecule has 0 bridgehead atoms. The molecule has 1 amide bonds. The molecule has 134 valence electrons. The second-order valence-electron chi connectivity index (χ2n) is 7.39. The van der Waals surface area contributed by atoms with Crippen molar-refractivity contribution in [1.29, 1.82) is 0 Å². The number of carbonyl (C=O) groups is 2. The number of hydrogen-bond donors (Lipinski definition) is 0. The lowest BCUT2D eigenvalue weighted by atomic mass is 9.76. The van der Waals surface area contributed by atoms with Gasteiger partial charge in [-0.25, -0.2) is 0 Å². The molecule has 2 unspecified atom stereocenters. The molecule has 0 aliphatic heterocycles. The molecular weight excluding hydrogens is 290 g/mol. The van der Waals surface area contributed by atoms with Crippen molar-refractivity contribution in [2.24, 2.45) is 11.8 Å². The van der Waals surface area contributed by atoms with E-state index in [0.717, 1.165) is 58.3 Å². The molecule has 1 aliphatic carbocycles. The van der Waals surface area contributed by atoms with E-state index < -0.39 is 0 Å². The highest BCUT2D eigenvalue weighted by molar-refractivity contribution is 5.87. The van der Waals surface area contributed by atoms with Crippen molar-refractivity contribution >= 4 is 11.7 Å². The summed E-state index contributed by atoms with van der Waals surface area (Å²) in [5.41, 5.74) is 0. The highest BCUT2D eigenvalue weighted by atomic mass is 16.2. The topological polar surface area (TPSA) is 43.9 Å². The Labute approximate surface area is 142 Å². The normalized spacial score (nSPS) is 21.7. The maximum atomic E-state index is 13.0. The van der Waals surface area contributed by atoms with Gasteiger partial charge in [0.25, 0.3) is 0 Å². The van der Waals surface area contributed by atoms with E-state index in [1.54, 1.807) is 6.92 Å². The van der Waals surface area contributed by atoms with Crippen LogP contribution < -0.4 is 0 Å².